The molecular formula is C20H14BrN3O4. The number of halogens is 1. The van der Waals surface area contributed by atoms with Crippen LogP contribution in [0.5, 0.6) is 17.4 Å². The first-order valence-electron chi connectivity index (χ1n) is 8.36. The zero-order valence-electron chi connectivity index (χ0n) is 14.5. The van der Waals surface area contributed by atoms with E-state index in [1.54, 1.807) is 30.3 Å². The van der Waals surface area contributed by atoms with Gasteiger partial charge in [-0.25, -0.2) is 0 Å². The fraction of sp³-hybridized carbons (Fsp3) is 0.150. The number of rotatable bonds is 3. The van der Waals surface area contributed by atoms with Crippen molar-refractivity contribution in [3.63, 3.8) is 0 Å². The first kappa shape index (κ1) is 18.1. The van der Waals surface area contributed by atoms with Gasteiger partial charge in [-0.2, -0.15) is 0 Å². The Hall–Kier alpha value is -3.31. The van der Waals surface area contributed by atoms with Crippen molar-refractivity contribution in [2.75, 3.05) is 6.61 Å². The third kappa shape index (κ3) is 3.21. The molecule has 0 aliphatic carbocycles. The molecule has 0 unspecified atom stereocenters. The summed E-state index contributed by atoms with van der Waals surface area (Å²) in [5.41, 5.74) is 0.850. The van der Waals surface area contributed by atoms with Crippen LogP contribution in [0.4, 0.5) is 5.69 Å². The van der Waals surface area contributed by atoms with E-state index in [0.29, 0.717) is 22.4 Å². The van der Waals surface area contributed by atoms with Crippen LogP contribution < -0.4 is 9.47 Å². The van der Waals surface area contributed by atoms with Gasteiger partial charge in [0.2, 0.25) is 12.0 Å². The second-order valence-corrected chi connectivity index (χ2v) is 6.94. The van der Waals surface area contributed by atoms with E-state index in [1.807, 2.05) is 12.1 Å². The van der Waals surface area contributed by atoms with E-state index < -0.39 is 12.0 Å². The third-order valence-electron chi connectivity index (χ3n) is 4.25. The minimum absolute atomic E-state index is 0.0330. The molecule has 2 heterocycles. The molecule has 0 fully saturated rings. The number of terminal acetylenes is 1. The Labute approximate surface area is 168 Å². The van der Waals surface area contributed by atoms with E-state index in [4.69, 9.17) is 15.9 Å². The molecule has 0 bridgehead atoms. The quantitative estimate of drug-likeness (QED) is 0.489. The van der Waals surface area contributed by atoms with Gasteiger partial charge in [-0.1, -0.05) is 34.0 Å². The van der Waals surface area contributed by atoms with Gasteiger partial charge in [0.25, 0.3) is 0 Å². The summed E-state index contributed by atoms with van der Waals surface area (Å²) >= 11 is 3.39. The molecule has 1 N–H and O–H groups in total. The first-order valence-corrected chi connectivity index (χ1v) is 9.16. The minimum Gasteiger partial charge on any atom is -0.493 e. The smallest absolute Gasteiger partial charge is 0.308 e. The minimum atomic E-state index is -0.911. The van der Waals surface area contributed by atoms with Crippen molar-refractivity contribution >= 4 is 38.4 Å². The Morgan fingerprint density at radius 3 is 2.89 bits per heavy atom. The number of nitrogens with zero attached hydrogens (tertiary/aromatic N) is 3. The molecule has 1 aliphatic rings. The lowest BCUT2D eigenvalue weighted by Crippen LogP contribution is -2.35. The van der Waals surface area contributed by atoms with Crippen molar-refractivity contribution in [1.29, 1.82) is 0 Å². The number of amides is 1. The molecule has 0 saturated carbocycles. The molecule has 4 rings (SSSR count). The lowest BCUT2D eigenvalue weighted by atomic mass is 10.2. The Morgan fingerprint density at radius 2 is 2.11 bits per heavy atom. The molecular weight excluding hydrogens is 426 g/mol. The largest absolute Gasteiger partial charge is 0.493 e. The second kappa shape index (κ2) is 7.37. The van der Waals surface area contributed by atoms with E-state index in [-0.39, 0.29) is 24.7 Å². The van der Waals surface area contributed by atoms with E-state index >= 15 is 0 Å². The molecule has 140 valence electrons. The zero-order chi connectivity index (χ0) is 19.7. The van der Waals surface area contributed by atoms with E-state index in [0.717, 1.165) is 4.47 Å². The lowest BCUT2D eigenvalue weighted by molar-refractivity contribution is -0.127. The maximum Gasteiger partial charge on any atom is 0.308 e. The Balaban J connectivity index is 1.64. The summed E-state index contributed by atoms with van der Waals surface area (Å²) in [6.45, 7) is 0.190. The summed E-state index contributed by atoms with van der Waals surface area (Å²) in [5, 5.41) is 18.9. The average Bonchev–Trinajstić information content (AvgIpc) is 2.96. The normalized spacial score (nSPS) is 15.6. The second-order valence-electron chi connectivity index (χ2n) is 6.03. The van der Waals surface area contributed by atoms with Crippen LogP contribution in [0.2, 0.25) is 0 Å². The number of fused-ring (bicyclic) bond motifs is 2. The van der Waals surface area contributed by atoms with Gasteiger partial charge < -0.3 is 14.6 Å². The summed E-state index contributed by atoms with van der Waals surface area (Å²) < 4.78 is 13.5. The van der Waals surface area contributed by atoms with Gasteiger partial charge in [0, 0.05) is 9.86 Å². The summed E-state index contributed by atoms with van der Waals surface area (Å²) in [5.74, 6) is 2.76. The monoisotopic (exact) mass is 439 g/mol. The van der Waals surface area contributed by atoms with Crippen molar-refractivity contribution in [3.05, 3.63) is 46.9 Å². The molecule has 1 amide bonds. The van der Waals surface area contributed by atoms with Gasteiger partial charge in [-0.3, -0.25) is 9.36 Å². The van der Waals surface area contributed by atoms with Gasteiger partial charge in [0.1, 0.15) is 6.61 Å². The van der Waals surface area contributed by atoms with Gasteiger partial charge in [-0.15, -0.1) is 16.7 Å². The van der Waals surface area contributed by atoms with Crippen LogP contribution in [0, 0.1) is 12.3 Å². The zero-order valence-corrected chi connectivity index (χ0v) is 16.1. The summed E-state index contributed by atoms with van der Waals surface area (Å²) in [6.07, 6.45) is 4.48. The van der Waals surface area contributed by atoms with Crippen molar-refractivity contribution in [2.45, 2.75) is 12.6 Å². The molecule has 1 atom stereocenters. The van der Waals surface area contributed by atoms with Crippen LogP contribution in [0.15, 0.2) is 57.2 Å². The molecule has 1 aliphatic heterocycles. The maximum atomic E-state index is 12.4. The third-order valence-corrected chi connectivity index (χ3v) is 4.75. The van der Waals surface area contributed by atoms with Crippen LogP contribution in [0.3, 0.4) is 0 Å². The number of aromatic hydroxyl groups is 1. The highest BCUT2D eigenvalue weighted by Crippen LogP contribution is 2.40. The number of aromatic nitrogens is 1. The van der Waals surface area contributed by atoms with Gasteiger partial charge in [0.15, 0.2) is 17.2 Å². The molecule has 28 heavy (non-hydrogen) atoms. The predicted molar refractivity (Wildman–Crippen MR) is 106 cm³/mol. The Kier molecular flexibility index (Phi) is 4.75. The highest BCUT2D eigenvalue weighted by molar-refractivity contribution is 9.10. The van der Waals surface area contributed by atoms with Crippen molar-refractivity contribution in [1.82, 2.24) is 4.57 Å². The number of benzene rings is 2. The fourth-order valence-electron chi connectivity index (χ4n) is 2.95. The van der Waals surface area contributed by atoms with Gasteiger partial charge in [0.05, 0.1) is 12.1 Å². The Bertz CT molecular complexity index is 1150. The number of azo groups is 1. The van der Waals surface area contributed by atoms with Crippen LogP contribution in [-0.4, -0.2) is 28.3 Å². The predicted octanol–water partition coefficient (Wildman–Crippen LogP) is 4.19. The standard InChI is InChI=1S/C20H14BrN3O4/c1-2-9-24-14-8-7-12(21)10-13(14)18(20(24)26)22-23-19(25)17-11-27-15-5-3-4-6-16(15)28-17/h1,3-8,10,17,26H,9,11H2/t17-/m0/s1. The number of carbonyl (C=O) groups excluding carboxylic acids is 1. The van der Waals surface area contributed by atoms with Gasteiger partial charge >= 0.3 is 5.91 Å². The topological polar surface area (TPSA) is 85.4 Å². The van der Waals surface area contributed by atoms with Crippen LogP contribution in [-0.2, 0) is 11.3 Å². The molecule has 3 aromatic rings. The number of carbonyl (C=O) groups is 1. The van der Waals surface area contributed by atoms with Crippen LogP contribution in [0.25, 0.3) is 10.9 Å². The molecule has 0 radical (unpaired) electrons. The maximum absolute atomic E-state index is 12.4. The highest BCUT2D eigenvalue weighted by atomic mass is 79.9. The van der Waals surface area contributed by atoms with E-state index in [2.05, 4.69) is 32.1 Å². The molecule has 8 heteroatoms. The van der Waals surface area contributed by atoms with E-state index in [9.17, 15) is 9.90 Å². The average molecular weight is 440 g/mol. The van der Waals surface area contributed by atoms with Crippen LogP contribution >= 0.6 is 15.9 Å². The van der Waals surface area contributed by atoms with Crippen molar-refractivity contribution < 1.29 is 19.4 Å². The Morgan fingerprint density at radius 1 is 1.32 bits per heavy atom. The number of hydrogen-bond acceptors (Lipinski definition) is 5. The lowest BCUT2D eigenvalue weighted by Gasteiger charge is -2.23. The summed E-state index contributed by atoms with van der Waals surface area (Å²) in [4.78, 5) is 12.4. The fourth-order valence-corrected chi connectivity index (χ4v) is 3.31. The SMILES string of the molecule is C#CCn1c(O)c(N=NC(=O)[C@@H]2COc3ccccc3O2)c2cc(Br)ccc21. The molecule has 1 aromatic heterocycles. The molecule has 2 aromatic carbocycles. The van der Waals surface area contributed by atoms with Crippen molar-refractivity contribution in [2.24, 2.45) is 10.2 Å². The molecule has 0 spiro atoms. The summed E-state index contributed by atoms with van der Waals surface area (Å²) in [7, 11) is 0. The van der Waals surface area contributed by atoms with Gasteiger partial charge in [-0.05, 0) is 30.3 Å². The van der Waals surface area contributed by atoms with Crippen molar-refractivity contribution in [3.8, 4) is 29.7 Å². The van der Waals surface area contributed by atoms with E-state index in [1.165, 1.54) is 4.57 Å². The van der Waals surface area contributed by atoms with Crippen LogP contribution in [0.1, 0.15) is 0 Å². The number of para-hydroxylation sites is 2. The number of ether oxygens (including phenoxy) is 2. The number of hydrogen-bond donors (Lipinski definition) is 1. The highest BCUT2D eigenvalue weighted by Gasteiger charge is 2.27. The summed E-state index contributed by atoms with van der Waals surface area (Å²) in [6, 6.07) is 12.5. The molecule has 7 nitrogen and oxygen atoms in total. The first-order chi connectivity index (χ1) is 13.6. The molecule has 0 saturated heterocycles.